The number of benzene rings is 1. The van der Waals surface area contributed by atoms with Gasteiger partial charge in [0.25, 0.3) is 0 Å². The van der Waals surface area contributed by atoms with Gasteiger partial charge in [0.05, 0.1) is 37.8 Å². The molecular weight excluding hydrogens is 438 g/mol. The standard InChI is InChI=1S/C24H25N5O5/c1-32-23-15(12-25)10-16(13-26-23)29-8-9-33-21-4-2-17(11-20(21)29)34-18-6-7-28(14-18)24(31)19-3-5-22(30)27-19/h2,4,10-11,13,18-19H,3,5-9,14H2,1H3,(H,27,30). The SMILES string of the molecule is COc1ncc(N2CCOc3ccc(OC4CCN(C(=O)C5CCC(=O)N5)C4)cc32)cc1C#N. The van der Waals surface area contributed by atoms with Gasteiger partial charge in [-0.1, -0.05) is 0 Å². The van der Waals surface area contributed by atoms with Gasteiger partial charge in [-0.25, -0.2) is 4.98 Å². The summed E-state index contributed by atoms with van der Waals surface area (Å²) < 4.78 is 17.2. The Labute approximate surface area is 197 Å². The Morgan fingerprint density at radius 2 is 2.18 bits per heavy atom. The number of hydrogen-bond acceptors (Lipinski definition) is 8. The summed E-state index contributed by atoms with van der Waals surface area (Å²) in [4.78, 5) is 32.2. The molecule has 34 heavy (non-hydrogen) atoms. The Kier molecular flexibility index (Phi) is 5.84. The minimum Gasteiger partial charge on any atom is -0.490 e. The Hall–Kier alpha value is -4.00. The molecule has 2 amide bonds. The lowest BCUT2D eigenvalue weighted by molar-refractivity contribution is -0.133. The maximum absolute atomic E-state index is 12.7. The van der Waals surface area contributed by atoms with E-state index >= 15 is 0 Å². The molecule has 0 bridgehead atoms. The minimum atomic E-state index is -0.419. The van der Waals surface area contributed by atoms with E-state index in [9.17, 15) is 14.9 Å². The van der Waals surface area contributed by atoms with Gasteiger partial charge in [-0.15, -0.1) is 0 Å². The second-order valence-electron chi connectivity index (χ2n) is 8.46. The largest absolute Gasteiger partial charge is 0.490 e. The zero-order valence-corrected chi connectivity index (χ0v) is 18.8. The predicted molar refractivity (Wildman–Crippen MR) is 121 cm³/mol. The van der Waals surface area contributed by atoms with E-state index in [4.69, 9.17) is 14.2 Å². The van der Waals surface area contributed by atoms with Crippen molar-refractivity contribution in [3.63, 3.8) is 0 Å². The lowest BCUT2D eigenvalue weighted by Crippen LogP contribution is -2.44. The zero-order valence-electron chi connectivity index (χ0n) is 18.8. The molecule has 0 radical (unpaired) electrons. The van der Waals surface area contributed by atoms with Crippen LogP contribution in [0.3, 0.4) is 0 Å². The first-order valence-electron chi connectivity index (χ1n) is 11.3. The van der Waals surface area contributed by atoms with Crippen LogP contribution in [-0.4, -0.2) is 67.2 Å². The topological polar surface area (TPSA) is 117 Å². The monoisotopic (exact) mass is 463 g/mol. The Bertz CT molecular complexity index is 1160. The van der Waals surface area contributed by atoms with Crippen molar-refractivity contribution >= 4 is 23.2 Å². The van der Waals surface area contributed by atoms with E-state index in [2.05, 4.69) is 16.4 Å². The highest BCUT2D eigenvalue weighted by Gasteiger charge is 2.35. The van der Waals surface area contributed by atoms with Gasteiger partial charge in [-0.2, -0.15) is 5.26 Å². The van der Waals surface area contributed by atoms with E-state index in [1.807, 2.05) is 23.1 Å². The summed E-state index contributed by atoms with van der Waals surface area (Å²) in [7, 11) is 1.48. The summed E-state index contributed by atoms with van der Waals surface area (Å²) in [6, 6.07) is 9.08. The Balaban J connectivity index is 1.31. The molecule has 2 atom stereocenters. The summed E-state index contributed by atoms with van der Waals surface area (Å²) in [5.74, 6) is 1.56. The molecule has 1 aromatic heterocycles. The number of nitriles is 1. The number of hydrogen-bond donors (Lipinski definition) is 1. The number of rotatable bonds is 5. The third-order valence-corrected chi connectivity index (χ3v) is 6.31. The maximum Gasteiger partial charge on any atom is 0.245 e. The fraction of sp³-hybridized carbons (Fsp3) is 0.417. The molecular formula is C24H25N5O5. The third kappa shape index (κ3) is 4.17. The number of methoxy groups -OCH3 is 1. The number of aromatic nitrogens is 1. The average Bonchev–Trinajstić information content (AvgIpc) is 3.52. The van der Waals surface area contributed by atoms with Crippen LogP contribution in [0.25, 0.3) is 0 Å². The first-order valence-corrected chi connectivity index (χ1v) is 11.3. The van der Waals surface area contributed by atoms with Crippen LogP contribution < -0.4 is 24.4 Å². The van der Waals surface area contributed by atoms with Gasteiger partial charge < -0.3 is 29.3 Å². The molecule has 1 N–H and O–H groups in total. The quantitative estimate of drug-likeness (QED) is 0.713. The number of pyridine rings is 1. The van der Waals surface area contributed by atoms with Crippen molar-refractivity contribution in [2.24, 2.45) is 0 Å². The molecule has 0 saturated carbocycles. The Morgan fingerprint density at radius 1 is 1.29 bits per heavy atom. The second kappa shape index (κ2) is 9.09. The van der Waals surface area contributed by atoms with Crippen molar-refractivity contribution in [1.29, 1.82) is 5.26 Å². The number of fused-ring (bicyclic) bond motifs is 1. The molecule has 5 rings (SSSR count). The van der Waals surface area contributed by atoms with Gasteiger partial charge in [0.1, 0.15) is 41.9 Å². The van der Waals surface area contributed by atoms with Crippen LogP contribution in [0, 0.1) is 11.3 Å². The number of carbonyl (C=O) groups excluding carboxylic acids is 2. The van der Waals surface area contributed by atoms with Crippen molar-refractivity contribution in [3.05, 3.63) is 36.0 Å². The molecule has 2 unspecified atom stereocenters. The van der Waals surface area contributed by atoms with Crippen molar-refractivity contribution in [1.82, 2.24) is 15.2 Å². The van der Waals surface area contributed by atoms with E-state index in [-0.39, 0.29) is 23.8 Å². The molecule has 2 aromatic rings. The molecule has 3 aliphatic rings. The average molecular weight is 463 g/mol. The number of carbonyl (C=O) groups is 2. The van der Waals surface area contributed by atoms with Crippen LogP contribution >= 0.6 is 0 Å². The van der Waals surface area contributed by atoms with Crippen LogP contribution in [0.4, 0.5) is 11.4 Å². The lowest BCUT2D eigenvalue weighted by Gasteiger charge is -2.31. The Morgan fingerprint density at radius 3 is 2.94 bits per heavy atom. The highest BCUT2D eigenvalue weighted by molar-refractivity contribution is 5.91. The summed E-state index contributed by atoms with van der Waals surface area (Å²) in [5.41, 5.74) is 1.93. The summed E-state index contributed by atoms with van der Waals surface area (Å²) in [6.07, 6.45) is 3.21. The van der Waals surface area contributed by atoms with E-state index in [1.165, 1.54) is 7.11 Å². The van der Waals surface area contributed by atoms with Crippen molar-refractivity contribution < 1.29 is 23.8 Å². The number of ether oxygens (including phenoxy) is 3. The van der Waals surface area contributed by atoms with Crippen LogP contribution in [0.2, 0.25) is 0 Å². The number of nitrogens with one attached hydrogen (secondary N) is 1. The normalized spacial score (nSPS) is 21.4. The molecule has 10 heteroatoms. The van der Waals surface area contributed by atoms with Crippen LogP contribution in [0.1, 0.15) is 24.8 Å². The summed E-state index contributed by atoms with van der Waals surface area (Å²) >= 11 is 0. The van der Waals surface area contributed by atoms with Gasteiger partial charge in [-0.05, 0) is 24.6 Å². The predicted octanol–water partition coefficient (Wildman–Crippen LogP) is 1.75. The fourth-order valence-corrected chi connectivity index (χ4v) is 4.61. The molecule has 4 heterocycles. The zero-order chi connectivity index (χ0) is 23.7. The summed E-state index contributed by atoms with van der Waals surface area (Å²) in [6.45, 7) is 2.17. The van der Waals surface area contributed by atoms with Gasteiger partial charge in [0.15, 0.2) is 0 Å². The van der Waals surface area contributed by atoms with Crippen LogP contribution in [0.15, 0.2) is 30.5 Å². The van der Waals surface area contributed by atoms with E-state index < -0.39 is 6.04 Å². The molecule has 1 aromatic carbocycles. The number of nitrogens with zero attached hydrogens (tertiary/aromatic N) is 4. The van der Waals surface area contributed by atoms with E-state index in [1.54, 1.807) is 17.2 Å². The van der Waals surface area contributed by atoms with Crippen LogP contribution in [0.5, 0.6) is 17.4 Å². The molecule has 3 aliphatic heterocycles. The summed E-state index contributed by atoms with van der Waals surface area (Å²) in [5, 5.41) is 12.2. The first kappa shape index (κ1) is 21.8. The lowest BCUT2D eigenvalue weighted by atomic mass is 10.2. The molecule has 2 fully saturated rings. The number of likely N-dealkylation sites (tertiary alicyclic amines) is 1. The van der Waals surface area contributed by atoms with Gasteiger partial charge in [0.2, 0.25) is 17.7 Å². The number of anilines is 2. The van der Waals surface area contributed by atoms with E-state index in [0.717, 1.165) is 17.8 Å². The molecule has 0 aliphatic carbocycles. The smallest absolute Gasteiger partial charge is 0.245 e. The van der Waals surface area contributed by atoms with Crippen LogP contribution in [-0.2, 0) is 9.59 Å². The molecule has 10 nitrogen and oxygen atoms in total. The highest BCUT2D eigenvalue weighted by atomic mass is 16.5. The molecule has 2 saturated heterocycles. The fourth-order valence-electron chi connectivity index (χ4n) is 4.61. The van der Waals surface area contributed by atoms with Gasteiger partial charge in [-0.3, -0.25) is 9.59 Å². The van der Waals surface area contributed by atoms with Crippen molar-refractivity contribution in [3.8, 4) is 23.4 Å². The van der Waals surface area contributed by atoms with Gasteiger partial charge >= 0.3 is 0 Å². The van der Waals surface area contributed by atoms with Crippen molar-refractivity contribution in [2.45, 2.75) is 31.4 Å². The molecule has 176 valence electrons. The van der Waals surface area contributed by atoms with Crippen molar-refractivity contribution in [2.75, 3.05) is 38.3 Å². The minimum absolute atomic E-state index is 0.0396. The highest BCUT2D eigenvalue weighted by Crippen LogP contribution is 2.40. The van der Waals surface area contributed by atoms with Gasteiger partial charge in [0, 0.05) is 25.5 Å². The number of amides is 2. The molecule has 0 spiro atoms. The maximum atomic E-state index is 12.7. The second-order valence-corrected chi connectivity index (χ2v) is 8.46. The third-order valence-electron chi connectivity index (χ3n) is 6.31. The van der Waals surface area contributed by atoms with E-state index in [0.29, 0.717) is 56.1 Å². The first-order chi connectivity index (χ1) is 16.6.